The summed E-state index contributed by atoms with van der Waals surface area (Å²) in [6.45, 7) is 0.506. The molecule has 1 aromatic heterocycles. The van der Waals surface area contributed by atoms with Gasteiger partial charge in [0.25, 0.3) is 5.91 Å². The number of benzene rings is 1. The van der Waals surface area contributed by atoms with Crippen LogP contribution >= 0.6 is 39.1 Å². The number of hydrogen-bond acceptors (Lipinski definition) is 2. The number of hydrogen-bond donors (Lipinski definition) is 0. The minimum absolute atomic E-state index is 0.154. The molecule has 0 saturated heterocycles. The van der Waals surface area contributed by atoms with E-state index in [1.165, 1.54) is 12.3 Å². The third-order valence-electron chi connectivity index (χ3n) is 2.72. The van der Waals surface area contributed by atoms with E-state index in [2.05, 4.69) is 20.9 Å². The van der Waals surface area contributed by atoms with Gasteiger partial charge in [0.2, 0.25) is 0 Å². The van der Waals surface area contributed by atoms with Gasteiger partial charge in [-0.05, 0) is 23.8 Å². The maximum Gasteiger partial charge on any atom is 0.255 e. The highest BCUT2D eigenvalue weighted by Crippen LogP contribution is 2.20. The topological polar surface area (TPSA) is 33.2 Å². The van der Waals surface area contributed by atoms with E-state index in [1.807, 2.05) is 24.3 Å². The molecule has 1 aromatic carbocycles. The van der Waals surface area contributed by atoms with E-state index in [0.717, 1.165) is 10.0 Å². The fourth-order valence-electron chi connectivity index (χ4n) is 1.69. The Hall–Kier alpha value is -1.10. The first-order valence-corrected chi connectivity index (χ1v) is 7.33. The highest BCUT2D eigenvalue weighted by molar-refractivity contribution is 9.10. The zero-order valence-electron chi connectivity index (χ0n) is 10.6. The molecule has 0 aliphatic rings. The van der Waals surface area contributed by atoms with Crippen LogP contribution in [0, 0.1) is 0 Å². The van der Waals surface area contributed by atoms with Gasteiger partial charge in [-0.1, -0.05) is 51.3 Å². The molecular weight excluding hydrogens is 363 g/mol. The second-order valence-corrected chi connectivity index (χ2v) is 5.97. The van der Waals surface area contributed by atoms with Crippen molar-refractivity contribution in [2.24, 2.45) is 0 Å². The summed E-state index contributed by atoms with van der Waals surface area (Å²) in [5.41, 5.74) is 1.45. The maximum absolute atomic E-state index is 12.3. The first-order chi connectivity index (χ1) is 9.47. The molecule has 0 aliphatic heterocycles. The average Bonchev–Trinajstić information content (AvgIpc) is 2.43. The summed E-state index contributed by atoms with van der Waals surface area (Å²) >= 11 is 15.0. The molecule has 3 nitrogen and oxygen atoms in total. The molecule has 0 spiro atoms. The van der Waals surface area contributed by atoms with E-state index >= 15 is 0 Å². The fraction of sp³-hybridized carbons (Fsp3) is 0.143. The molecule has 2 rings (SSSR count). The van der Waals surface area contributed by atoms with Crippen molar-refractivity contribution in [3.8, 4) is 0 Å². The van der Waals surface area contributed by atoms with Crippen molar-refractivity contribution in [2.75, 3.05) is 7.05 Å². The first-order valence-electron chi connectivity index (χ1n) is 5.78. The number of pyridine rings is 1. The minimum Gasteiger partial charge on any atom is -0.337 e. The van der Waals surface area contributed by atoms with Crippen molar-refractivity contribution in [3.05, 3.63) is 62.3 Å². The summed E-state index contributed by atoms with van der Waals surface area (Å²) < 4.78 is 1.00. The van der Waals surface area contributed by atoms with Gasteiger partial charge in [0, 0.05) is 24.3 Å². The van der Waals surface area contributed by atoms with E-state index in [4.69, 9.17) is 23.2 Å². The van der Waals surface area contributed by atoms with Crippen LogP contribution in [0.2, 0.25) is 10.2 Å². The molecule has 0 atom stereocenters. The van der Waals surface area contributed by atoms with Crippen LogP contribution < -0.4 is 0 Å². The van der Waals surface area contributed by atoms with Crippen molar-refractivity contribution in [1.82, 2.24) is 9.88 Å². The average molecular weight is 374 g/mol. The van der Waals surface area contributed by atoms with E-state index in [9.17, 15) is 4.79 Å². The molecule has 0 fully saturated rings. The second-order valence-electron chi connectivity index (χ2n) is 4.28. The summed E-state index contributed by atoms with van der Waals surface area (Å²) in [5.74, 6) is -0.154. The number of aromatic nitrogens is 1. The lowest BCUT2D eigenvalue weighted by Gasteiger charge is -2.17. The Labute approximate surface area is 135 Å². The van der Waals surface area contributed by atoms with Crippen LogP contribution in [-0.2, 0) is 6.54 Å². The largest absolute Gasteiger partial charge is 0.337 e. The van der Waals surface area contributed by atoms with Crippen LogP contribution in [0.25, 0.3) is 0 Å². The molecular formula is C14H11BrCl2N2O. The summed E-state index contributed by atoms with van der Waals surface area (Å²) in [6, 6.07) is 9.32. The standard InChI is InChI=1S/C14H11BrCl2N2O/c1-19(8-9-2-4-11(15)5-3-9)14(20)10-6-12(16)13(17)18-7-10/h2-7H,8H2,1H3. The predicted octanol–water partition coefficient (Wildman–Crippen LogP) is 4.42. The van der Waals surface area contributed by atoms with Crippen molar-refractivity contribution in [2.45, 2.75) is 6.54 Å². The number of nitrogens with zero attached hydrogens (tertiary/aromatic N) is 2. The zero-order chi connectivity index (χ0) is 14.7. The lowest BCUT2D eigenvalue weighted by atomic mass is 10.2. The highest BCUT2D eigenvalue weighted by Gasteiger charge is 2.14. The molecule has 1 amide bonds. The van der Waals surface area contributed by atoms with Crippen molar-refractivity contribution < 1.29 is 4.79 Å². The molecule has 0 radical (unpaired) electrons. The molecule has 0 saturated carbocycles. The van der Waals surface area contributed by atoms with Gasteiger partial charge in [-0.25, -0.2) is 4.98 Å². The monoisotopic (exact) mass is 372 g/mol. The fourth-order valence-corrected chi connectivity index (χ4v) is 2.23. The van der Waals surface area contributed by atoms with Gasteiger partial charge in [-0.2, -0.15) is 0 Å². The quantitative estimate of drug-likeness (QED) is 0.746. The summed E-state index contributed by atoms with van der Waals surface area (Å²) in [4.78, 5) is 17.7. The Morgan fingerprint density at radius 3 is 2.55 bits per heavy atom. The Bertz CT molecular complexity index is 632. The lowest BCUT2D eigenvalue weighted by Crippen LogP contribution is -2.26. The van der Waals surface area contributed by atoms with Gasteiger partial charge in [0.15, 0.2) is 0 Å². The van der Waals surface area contributed by atoms with Crippen molar-refractivity contribution in [1.29, 1.82) is 0 Å². The normalized spacial score (nSPS) is 10.4. The first kappa shape index (κ1) is 15.3. The Kier molecular flexibility index (Phi) is 5.02. The van der Waals surface area contributed by atoms with Crippen molar-refractivity contribution >= 4 is 45.0 Å². The number of carbonyl (C=O) groups is 1. The maximum atomic E-state index is 12.3. The molecule has 20 heavy (non-hydrogen) atoms. The summed E-state index contributed by atoms with van der Waals surface area (Å²) in [6.07, 6.45) is 1.43. The molecule has 104 valence electrons. The van der Waals surface area contributed by atoms with E-state index in [1.54, 1.807) is 11.9 Å². The summed E-state index contributed by atoms with van der Waals surface area (Å²) in [7, 11) is 1.73. The number of carbonyl (C=O) groups excluding carboxylic acids is 1. The molecule has 0 unspecified atom stereocenters. The lowest BCUT2D eigenvalue weighted by molar-refractivity contribution is 0.0784. The van der Waals surface area contributed by atoms with E-state index in [0.29, 0.717) is 12.1 Å². The predicted molar refractivity (Wildman–Crippen MR) is 84.2 cm³/mol. The van der Waals surface area contributed by atoms with Gasteiger partial charge in [0.1, 0.15) is 5.15 Å². The molecule has 2 aromatic rings. The van der Waals surface area contributed by atoms with E-state index in [-0.39, 0.29) is 16.1 Å². The van der Waals surface area contributed by atoms with Gasteiger partial charge >= 0.3 is 0 Å². The van der Waals surface area contributed by atoms with Gasteiger partial charge in [-0.15, -0.1) is 0 Å². The van der Waals surface area contributed by atoms with Crippen molar-refractivity contribution in [3.63, 3.8) is 0 Å². The van der Waals surface area contributed by atoms with Crippen LogP contribution in [0.3, 0.4) is 0 Å². The van der Waals surface area contributed by atoms with Crippen LogP contribution in [0.5, 0.6) is 0 Å². The zero-order valence-corrected chi connectivity index (χ0v) is 13.7. The molecule has 0 bridgehead atoms. The van der Waals surface area contributed by atoms with Crippen LogP contribution in [0.1, 0.15) is 15.9 Å². The molecule has 6 heteroatoms. The van der Waals surface area contributed by atoms with Gasteiger partial charge in [-0.3, -0.25) is 4.79 Å². The highest BCUT2D eigenvalue weighted by atomic mass is 79.9. The van der Waals surface area contributed by atoms with Crippen LogP contribution in [-0.4, -0.2) is 22.8 Å². The number of amides is 1. The van der Waals surface area contributed by atoms with Gasteiger partial charge in [0.05, 0.1) is 10.6 Å². The number of rotatable bonds is 3. The Morgan fingerprint density at radius 2 is 1.95 bits per heavy atom. The third-order valence-corrected chi connectivity index (χ3v) is 3.94. The molecule has 1 heterocycles. The molecule has 0 N–H and O–H groups in total. The summed E-state index contributed by atoms with van der Waals surface area (Å²) in [5, 5.41) is 0.466. The second kappa shape index (κ2) is 6.57. The Morgan fingerprint density at radius 1 is 1.30 bits per heavy atom. The Balaban J connectivity index is 2.11. The van der Waals surface area contributed by atoms with E-state index < -0.39 is 0 Å². The molecule has 0 aliphatic carbocycles. The van der Waals surface area contributed by atoms with Crippen LogP contribution in [0.15, 0.2) is 41.0 Å². The minimum atomic E-state index is -0.154. The number of halogens is 3. The van der Waals surface area contributed by atoms with Gasteiger partial charge < -0.3 is 4.90 Å². The smallest absolute Gasteiger partial charge is 0.255 e. The van der Waals surface area contributed by atoms with Crippen LogP contribution in [0.4, 0.5) is 0 Å². The SMILES string of the molecule is CN(Cc1ccc(Br)cc1)C(=O)c1cnc(Cl)c(Cl)c1. The third kappa shape index (κ3) is 3.72.